The lowest BCUT2D eigenvalue weighted by Gasteiger charge is -2.13. The molecule has 1 unspecified atom stereocenters. The van der Waals surface area contributed by atoms with E-state index < -0.39 is 6.04 Å². The lowest BCUT2D eigenvalue weighted by Crippen LogP contribution is -2.34. The summed E-state index contributed by atoms with van der Waals surface area (Å²) in [5, 5.41) is 11.5. The van der Waals surface area contributed by atoms with Crippen LogP contribution in [-0.4, -0.2) is 11.9 Å². The van der Waals surface area contributed by atoms with Crippen molar-refractivity contribution in [3.8, 4) is 6.07 Å². The number of carbonyl (C=O) groups is 1. The number of benzene rings is 1. The van der Waals surface area contributed by atoms with Gasteiger partial charge in [-0.2, -0.15) is 5.26 Å². The van der Waals surface area contributed by atoms with Crippen molar-refractivity contribution >= 4 is 5.91 Å². The number of nitrogens with zero attached hydrogens (tertiary/aromatic N) is 1. The first-order chi connectivity index (χ1) is 8.02. The van der Waals surface area contributed by atoms with Crippen LogP contribution < -0.4 is 5.32 Å². The number of halogens is 1. The van der Waals surface area contributed by atoms with Gasteiger partial charge in [-0.05, 0) is 36.6 Å². The zero-order valence-electron chi connectivity index (χ0n) is 9.90. The predicted molar refractivity (Wildman–Crippen MR) is 62.7 cm³/mol. The zero-order chi connectivity index (χ0) is 12.8. The fourth-order valence-corrected chi connectivity index (χ4v) is 1.46. The SMILES string of the molecule is CC(C)CC(C#N)NC(=O)c1ccc(F)cc1. The molecule has 17 heavy (non-hydrogen) atoms. The van der Waals surface area contributed by atoms with E-state index in [-0.39, 0.29) is 11.7 Å². The van der Waals surface area contributed by atoms with E-state index in [1.54, 1.807) is 0 Å². The number of nitrogens with one attached hydrogen (secondary N) is 1. The van der Waals surface area contributed by atoms with E-state index in [0.29, 0.717) is 17.9 Å². The van der Waals surface area contributed by atoms with E-state index in [9.17, 15) is 9.18 Å². The maximum atomic E-state index is 12.7. The number of hydrogen-bond acceptors (Lipinski definition) is 2. The first-order valence-electron chi connectivity index (χ1n) is 5.49. The summed E-state index contributed by atoms with van der Waals surface area (Å²) in [5.74, 6) is -0.411. The third kappa shape index (κ3) is 4.23. The van der Waals surface area contributed by atoms with E-state index in [0.717, 1.165) is 0 Å². The molecule has 0 aromatic heterocycles. The number of hydrogen-bond donors (Lipinski definition) is 1. The monoisotopic (exact) mass is 234 g/mol. The highest BCUT2D eigenvalue weighted by molar-refractivity contribution is 5.94. The molecule has 0 saturated carbocycles. The predicted octanol–water partition coefficient (Wildman–Crippen LogP) is 2.49. The van der Waals surface area contributed by atoms with Crippen molar-refractivity contribution in [3.63, 3.8) is 0 Å². The molecule has 1 amide bonds. The molecule has 4 heteroatoms. The van der Waals surface area contributed by atoms with Crippen molar-refractivity contribution in [3.05, 3.63) is 35.6 Å². The molecule has 1 atom stereocenters. The Balaban J connectivity index is 2.65. The second kappa shape index (κ2) is 6.00. The van der Waals surface area contributed by atoms with E-state index in [2.05, 4.69) is 5.32 Å². The third-order valence-electron chi connectivity index (χ3n) is 2.27. The Bertz CT molecular complexity index is 420. The Kier molecular flexibility index (Phi) is 4.65. The zero-order valence-corrected chi connectivity index (χ0v) is 9.90. The minimum Gasteiger partial charge on any atom is -0.336 e. The average Bonchev–Trinajstić information content (AvgIpc) is 2.28. The molecule has 0 spiro atoms. The van der Waals surface area contributed by atoms with Gasteiger partial charge in [-0.3, -0.25) is 4.79 Å². The van der Waals surface area contributed by atoms with E-state index in [1.807, 2.05) is 19.9 Å². The largest absolute Gasteiger partial charge is 0.336 e. The Labute approximate surface area is 100 Å². The summed E-state index contributed by atoms with van der Waals surface area (Å²) in [5.41, 5.74) is 0.357. The molecule has 0 radical (unpaired) electrons. The van der Waals surface area contributed by atoms with Gasteiger partial charge >= 0.3 is 0 Å². The van der Waals surface area contributed by atoms with Crippen molar-refractivity contribution < 1.29 is 9.18 Å². The lowest BCUT2D eigenvalue weighted by atomic mass is 10.0. The van der Waals surface area contributed by atoms with Gasteiger partial charge in [0.05, 0.1) is 6.07 Å². The van der Waals surface area contributed by atoms with Gasteiger partial charge in [0.15, 0.2) is 0 Å². The van der Waals surface area contributed by atoms with Gasteiger partial charge in [0.1, 0.15) is 11.9 Å². The summed E-state index contributed by atoms with van der Waals surface area (Å²) >= 11 is 0. The topological polar surface area (TPSA) is 52.9 Å². The molecule has 0 aliphatic heterocycles. The van der Waals surface area contributed by atoms with Crippen LogP contribution in [-0.2, 0) is 0 Å². The number of carbonyl (C=O) groups excluding carboxylic acids is 1. The van der Waals surface area contributed by atoms with Gasteiger partial charge in [-0.25, -0.2) is 4.39 Å². The third-order valence-corrected chi connectivity index (χ3v) is 2.27. The maximum absolute atomic E-state index is 12.7. The second-order valence-corrected chi connectivity index (χ2v) is 4.29. The van der Waals surface area contributed by atoms with Gasteiger partial charge < -0.3 is 5.32 Å². The van der Waals surface area contributed by atoms with Crippen LogP contribution >= 0.6 is 0 Å². The van der Waals surface area contributed by atoms with Crippen LogP contribution in [0, 0.1) is 23.1 Å². The molecular weight excluding hydrogens is 219 g/mol. The number of amides is 1. The highest BCUT2D eigenvalue weighted by Crippen LogP contribution is 2.06. The molecule has 0 aliphatic rings. The lowest BCUT2D eigenvalue weighted by molar-refractivity contribution is 0.0942. The number of nitriles is 1. The molecule has 0 heterocycles. The molecule has 3 nitrogen and oxygen atoms in total. The summed E-state index contributed by atoms with van der Waals surface area (Å²) < 4.78 is 12.7. The van der Waals surface area contributed by atoms with Crippen LogP contribution in [0.15, 0.2) is 24.3 Å². The van der Waals surface area contributed by atoms with Crippen molar-refractivity contribution in [1.29, 1.82) is 5.26 Å². The standard InChI is InChI=1S/C13H15FN2O/c1-9(2)7-12(8-15)16-13(17)10-3-5-11(14)6-4-10/h3-6,9,12H,7H2,1-2H3,(H,16,17). The number of rotatable bonds is 4. The Morgan fingerprint density at radius 3 is 2.47 bits per heavy atom. The van der Waals surface area contributed by atoms with E-state index in [4.69, 9.17) is 5.26 Å². The normalized spacial score (nSPS) is 11.9. The van der Waals surface area contributed by atoms with Crippen molar-refractivity contribution in [1.82, 2.24) is 5.32 Å². The molecular formula is C13H15FN2O. The van der Waals surface area contributed by atoms with E-state index in [1.165, 1.54) is 24.3 Å². The minimum atomic E-state index is -0.507. The summed E-state index contributed by atoms with van der Waals surface area (Å²) in [6.07, 6.45) is 0.601. The molecule has 0 bridgehead atoms. The quantitative estimate of drug-likeness (QED) is 0.870. The molecule has 0 fully saturated rings. The molecule has 1 aromatic carbocycles. The molecule has 90 valence electrons. The molecule has 1 N–H and O–H groups in total. The van der Waals surface area contributed by atoms with Crippen LogP contribution in [0.4, 0.5) is 4.39 Å². The second-order valence-electron chi connectivity index (χ2n) is 4.29. The van der Waals surface area contributed by atoms with Gasteiger partial charge in [0.2, 0.25) is 0 Å². The Hall–Kier alpha value is -1.89. The highest BCUT2D eigenvalue weighted by Gasteiger charge is 2.14. The Morgan fingerprint density at radius 2 is 2.00 bits per heavy atom. The summed E-state index contributed by atoms with van der Waals surface area (Å²) in [4.78, 5) is 11.7. The molecule has 1 aromatic rings. The highest BCUT2D eigenvalue weighted by atomic mass is 19.1. The fourth-order valence-electron chi connectivity index (χ4n) is 1.46. The van der Waals surface area contributed by atoms with Crippen molar-refractivity contribution in [2.75, 3.05) is 0 Å². The van der Waals surface area contributed by atoms with Crippen LogP contribution in [0.1, 0.15) is 30.6 Å². The molecule has 1 rings (SSSR count). The summed E-state index contributed by atoms with van der Waals surface area (Å²) in [7, 11) is 0. The smallest absolute Gasteiger partial charge is 0.252 e. The van der Waals surface area contributed by atoms with Crippen LogP contribution in [0.2, 0.25) is 0 Å². The van der Waals surface area contributed by atoms with E-state index >= 15 is 0 Å². The van der Waals surface area contributed by atoms with Crippen molar-refractivity contribution in [2.45, 2.75) is 26.3 Å². The first kappa shape index (κ1) is 13.2. The maximum Gasteiger partial charge on any atom is 0.252 e. The molecule has 0 saturated heterocycles. The van der Waals surface area contributed by atoms with Gasteiger partial charge in [0, 0.05) is 5.56 Å². The van der Waals surface area contributed by atoms with Crippen LogP contribution in [0.25, 0.3) is 0 Å². The summed E-state index contributed by atoms with van der Waals surface area (Å²) in [6, 6.07) is 6.77. The van der Waals surface area contributed by atoms with Crippen molar-refractivity contribution in [2.24, 2.45) is 5.92 Å². The Morgan fingerprint density at radius 1 is 1.41 bits per heavy atom. The minimum absolute atomic E-state index is 0.327. The van der Waals surface area contributed by atoms with Crippen LogP contribution in [0.3, 0.4) is 0 Å². The van der Waals surface area contributed by atoms with Gasteiger partial charge in [-0.1, -0.05) is 13.8 Å². The average molecular weight is 234 g/mol. The fraction of sp³-hybridized carbons (Fsp3) is 0.385. The molecule has 0 aliphatic carbocycles. The first-order valence-corrected chi connectivity index (χ1v) is 5.49. The van der Waals surface area contributed by atoms with Gasteiger partial charge in [0.25, 0.3) is 5.91 Å². The summed E-state index contributed by atoms with van der Waals surface area (Å²) in [6.45, 7) is 3.96. The van der Waals surface area contributed by atoms with Crippen LogP contribution in [0.5, 0.6) is 0 Å². The van der Waals surface area contributed by atoms with Gasteiger partial charge in [-0.15, -0.1) is 0 Å².